The molecule has 0 atom stereocenters. The highest BCUT2D eigenvalue weighted by Gasteiger charge is 2.13. The Labute approximate surface area is 153 Å². The van der Waals surface area contributed by atoms with Gasteiger partial charge in [0.05, 0.1) is 12.8 Å². The van der Waals surface area contributed by atoms with Crippen LogP contribution >= 0.6 is 11.6 Å². The van der Waals surface area contributed by atoms with Crippen molar-refractivity contribution in [2.75, 3.05) is 24.3 Å². The van der Waals surface area contributed by atoms with Crippen LogP contribution in [0.5, 0.6) is 5.75 Å². The van der Waals surface area contributed by atoms with Gasteiger partial charge < -0.3 is 15.4 Å². The molecule has 0 saturated heterocycles. The van der Waals surface area contributed by atoms with Gasteiger partial charge in [-0.1, -0.05) is 25.4 Å². The zero-order chi connectivity index (χ0) is 18.4. The topological polar surface area (TPSA) is 63.2 Å². The monoisotopic (exact) mass is 361 g/mol. The fourth-order valence-corrected chi connectivity index (χ4v) is 2.44. The van der Waals surface area contributed by atoms with Gasteiger partial charge >= 0.3 is 0 Å². The lowest BCUT2D eigenvalue weighted by molar-refractivity contribution is 0.102. The van der Waals surface area contributed by atoms with Crippen LogP contribution in [0.4, 0.5) is 11.4 Å². The molecule has 2 rings (SSSR count). The first-order chi connectivity index (χ1) is 11.9. The van der Waals surface area contributed by atoms with Crippen LogP contribution in [0.2, 0.25) is 5.02 Å². The molecular weight excluding hydrogens is 338 g/mol. The number of carbonyl (C=O) groups is 1. The molecular formula is C19H24ClN3O2. The number of hydrogen-bond donors (Lipinski definition) is 2. The number of nitrogens with zero attached hydrogens (tertiary/aromatic N) is 1. The lowest BCUT2D eigenvalue weighted by atomic mass is 10.1. The molecule has 2 N–H and O–H groups in total. The Morgan fingerprint density at radius 1 is 1.32 bits per heavy atom. The summed E-state index contributed by atoms with van der Waals surface area (Å²) in [6.07, 6.45) is 2.68. The van der Waals surface area contributed by atoms with E-state index in [1.54, 1.807) is 24.4 Å². The number of carbonyl (C=O) groups excluding carboxylic acids is 1. The molecule has 0 aliphatic carbocycles. The Morgan fingerprint density at radius 3 is 2.76 bits per heavy atom. The number of rotatable bonds is 7. The van der Waals surface area contributed by atoms with Crippen LogP contribution in [-0.2, 0) is 0 Å². The van der Waals surface area contributed by atoms with Crippen molar-refractivity contribution in [3.8, 4) is 5.75 Å². The summed E-state index contributed by atoms with van der Waals surface area (Å²) in [6.45, 7) is 7.07. The third-order valence-electron chi connectivity index (χ3n) is 3.77. The van der Waals surface area contributed by atoms with Crippen molar-refractivity contribution in [2.24, 2.45) is 5.92 Å². The summed E-state index contributed by atoms with van der Waals surface area (Å²) >= 11 is 6.10. The molecule has 0 aliphatic heterocycles. The Bertz CT molecular complexity index is 747. The van der Waals surface area contributed by atoms with E-state index in [0.717, 1.165) is 24.2 Å². The van der Waals surface area contributed by atoms with E-state index < -0.39 is 0 Å². The fraction of sp³-hybridized carbons (Fsp3) is 0.368. The predicted molar refractivity (Wildman–Crippen MR) is 103 cm³/mol. The minimum Gasteiger partial charge on any atom is -0.495 e. The molecule has 1 aromatic heterocycles. The number of methoxy groups -OCH3 is 1. The van der Waals surface area contributed by atoms with E-state index in [9.17, 15) is 4.79 Å². The fourth-order valence-electron chi connectivity index (χ4n) is 2.29. The van der Waals surface area contributed by atoms with Crippen LogP contribution < -0.4 is 15.4 Å². The number of amides is 1. The Hall–Kier alpha value is -2.27. The maximum Gasteiger partial charge on any atom is 0.274 e. The Morgan fingerprint density at radius 2 is 2.08 bits per heavy atom. The molecule has 5 nitrogen and oxygen atoms in total. The number of pyridine rings is 1. The van der Waals surface area contributed by atoms with E-state index in [-0.39, 0.29) is 5.91 Å². The summed E-state index contributed by atoms with van der Waals surface area (Å²) < 4.78 is 5.29. The molecule has 0 unspecified atom stereocenters. The van der Waals surface area contributed by atoms with Crippen molar-refractivity contribution >= 4 is 28.9 Å². The highest BCUT2D eigenvalue weighted by atomic mass is 35.5. The number of anilines is 2. The van der Waals surface area contributed by atoms with Gasteiger partial charge in [0.25, 0.3) is 5.91 Å². The van der Waals surface area contributed by atoms with E-state index in [1.807, 2.05) is 13.0 Å². The average Bonchev–Trinajstić information content (AvgIpc) is 2.57. The van der Waals surface area contributed by atoms with Gasteiger partial charge in [-0.3, -0.25) is 9.78 Å². The maximum atomic E-state index is 12.5. The zero-order valence-corrected chi connectivity index (χ0v) is 15.8. The number of aromatic nitrogens is 1. The molecule has 0 radical (unpaired) electrons. The SMILES string of the molecule is COc1cc(Cl)c(C)cc1NC(=O)c1cc(NCCC(C)C)ccn1. The number of ether oxygens (including phenoxy) is 1. The molecule has 0 fully saturated rings. The Balaban J connectivity index is 2.12. The quantitative estimate of drug-likeness (QED) is 0.746. The van der Waals surface area contributed by atoms with Crippen LogP contribution in [0.15, 0.2) is 30.5 Å². The third kappa shape index (κ3) is 5.36. The van der Waals surface area contributed by atoms with Gasteiger partial charge in [-0.2, -0.15) is 0 Å². The summed E-state index contributed by atoms with van der Waals surface area (Å²) in [6, 6.07) is 7.06. The summed E-state index contributed by atoms with van der Waals surface area (Å²) in [4.78, 5) is 16.7. The average molecular weight is 362 g/mol. The first-order valence-corrected chi connectivity index (χ1v) is 8.64. The highest BCUT2D eigenvalue weighted by Crippen LogP contribution is 2.31. The second kappa shape index (κ2) is 8.72. The number of benzene rings is 1. The van der Waals surface area contributed by atoms with E-state index in [0.29, 0.717) is 28.1 Å². The van der Waals surface area contributed by atoms with Crippen LogP contribution in [0.3, 0.4) is 0 Å². The molecule has 1 aromatic carbocycles. The minimum atomic E-state index is -0.299. The summed E-state index contributed by atoms with van der Waals surface area (Å²) in [5, 5.41) is 6.73. The smallest absolute Gasteiger partial charge is 0.274 e. The van der Waals surface area contributed by atoms with Crippen LogP contribution in [0.25, 0.3) is 0 Å². The van der Waals surface area contributed by atoms with Crippen molar-refractivity contribution in [2.45, 2.75) is 27.2 Å². The molecule has 1 heterocycles. The van der Waals surface area contributed by atoms with Gasteiger partial charge in [0.1, 0.15) is 11.4 Å². The largest absolute Gasteiger partial charge is 0.495 e. The molecule has 0 aliphatic rings. The normalized spacial score (nSPS) is 10.6. The number of halogens is 1. The van der Waals surface area contributed by atoms with Crippen molar-refractivity contribution in [3.63, 3.8) is 0 Å². The van der Waals surface area contributed by atoms with Gasteiger partial charge in [-0.25, -0.2) is 0 Å². The molecule has 2 aromatic rings. The standard InChI is InChI=1S/C19H24ClN3O2/c1-12(2)5-7-21-14-6-8-22-17(10-14)19(24)23-16-9-13(3)15(20)11-18(16)25-4/h6,8-12H,5,7H2,1-4H3,(H,21,22)(H,23,24). The van der Waals surface area contributed by atoms with E-state index in [2.05, 4.69) is 29.5 Å². The third-order valence-corrected chi connectivity index (χ3v) is 4.18. The first kappa shape index (κ1) is 19.1. The summed E-state index contributed by atoms with van der Waals surface area (Å²) in [7, 11) is 1.54. The van der Waals surface area contributed by atoms with E-state index >= 15 is 0 Å². The zero-order valence-electron chi connectivity index (χ0n) is 15.0. The second-order valence-electron chi connectivity index (χ2n) is 6.29. The molecule has 0 saturated carbocycles. The minimum absolute atomic E-state index is 0.299. The van der Waals surface area contributed by atoms with Gasteiger partial charge in [-0.05, 0) is 43.0 Å². The lowest BCUT2D eigenvalue weighted by Crippen LogP contribution is -2.15. The van der Waals surface area contributed by atoms with Crippen LogP contribution in [0, 0.1) is 12.8 Å². The molecule has 0 spiro atoms. The summed E-state index contributed by atoms with van der Waals surface area (Å²) in [5.41, 5.74) is 2.63. The van der Waals surface area contributed by atoms with Gasteiger partial charge in [0.15, 0.2) is 0 Å². The predicted octanol–water partition coefficient (Wildman–Crippen LogP) is 4.76. The van der Waals surface area contributed by atoms with Crippen molar-refractivity contribution in [1.29, 1.82) is 0 Å². The van der Waals surface area contributed by atoms with Crippen LogP contribution in [-0.4, -0.2) is 24.5 Å². The molecule has 25 heavy (non-hydrogen) atoms. The number of aryl methyl sites for hydroxylation is 1. The Kier molecular flexibility index (Phi) is 6.65. The van der Waals surface area contributed by atoms with Gasteiger partial charge in [0, 0.05) is 29.5 Å². The highest BCUT2D eigenvalue weighted by molar-refractivity contribution is 6.31. The number of hydrogen-bond acceptors (Lipinski definition) is 4. The lowest BCUT2D eigenvalue weighted by Gasteiger charge is -2.13. The van der Waals surface area contributed by atoms with Crippen molar-refractivity contribution < 1.29 is 9.53 Å². The second-order valence-corrected chi connectivity index (χ2v) is 6.70. The van der Waals surface area contributed by atoms with Gasteiger partial charge in [-0.15, -0.1) is 0 Å². The number of nitrogens with one attached hydrogen (secondary N) is 2. The van der Waals surface area contributed by atoms with Gasteiger partial charge in [0.2, 0.25) is 0 Å². The van der Waals surface area contributed by atoms with E-state index in [4.69, 9.17) is 16.3 Å². The van der Waals surface area contributed by atoms with E-state index in [1.165, 1.54) is 7.11 Å². The summed E-state index contributed by atoms with van der Waals surface area (Å²) in [5.74, 6) is 0.834. The van der Waals surface area contributed by atoms with Crippen molar-refractivity contribution in [1.82, 2.24) is 4.98 Å². The van der Waals surface area contributed by atoms with Crippen LogP contribution in [0.1, 0.15) is 36.3 Å². The van der Waals surface area contributed by atoms with Crippen molar-refractivity contribution in [3.05, 3.63) is 46.7 Å². The molecule has 6 heteroatoms. The molecule has 134 valence electrons. The maximum absolute atomic E-state index is 12.5. The first-order valence-electron chi connectivity index (χ1n) is 8.26. The molecule has 0 bridgehead atoms. The molecule has 1 amide bonds.